The lowest BCUT2D eigenvalue weighted by molar-refractivity contribution is -0.130. The number of hydrogen-bond donors (Lipinski definition) is 2. The van der Waals surface area contributed by atoms with Crippen LogP contribution in [0.2, 0.25) is 0 Å². The van der Waals surface area contributed by atoms with Gasteiger partial charge in [0.05, 0.1) is 5.01 Å². The number of carboxylic acids is 1. The highest BCUT2D eigenvalue weighted by Gasteiger charge is 2.12. The first kappa shape index (κ1) is 19.6. The molecule has 0 saturated carbocycles. The molecule has 0 saturated heterocycles. The van der Waals surface area contributed by atoms with Crippen molar-refractivity contribution < 1.29 is 19.5 Å². The van der Waals surface area contributed by atoms with Gasteiger partial charge in [0.25, 0.3) is 0 Å². The molecule has 0 aliphatic carbocycles. The molecule has 1 aromatic heterocycles. The first-order valence-electron chi connectivity index (χ1n) is 8.19. The van der Waals surface area contributed by atoms with Crippen LogP contribution in [0.15, 0.2) is 35.7 Å². The number of thiazole rings is 1. The Hall–Kier alpha value is -2.74. The largest absolute Gasteiger partial charge is 0.476 e. The molecule has 26 heavy (non-hydrogen) atoms. The van der Waals surface area contributed by atoms with Crippen molar-refractivity contribution in [3.05, 3.63) is 52.0 Å². The first-order chi connectivity index (χ1) is 12.5. The lowest BCUT2D eigenvalue weighted by Gasteiger charge is -2.21. The third-order valence-electron chi connectivity index (χ3n) is 3.70. The van der Waals surface area contributed by atoms with E-state index in [1.54, 1.807) is 4.90 Å². The zero-order valence-corrected chi connectivity index (χ0v) is 15.3. The third kappa shape index (κ3) is 6.29. The Morgan fingerprint density at radius 2 is 1.96 bits per heavy atom. The van der Waals surface area contributed by atoms with Crippen molar-refractivity contribution in [2.24, 2.45) is 0 Å². The number of rotatable bonds is 9. The third-order valence-corrected chi connectivity index (χ3v) is 4.61. The van der Waals surface area contributed by atoms with E-state index in [0.29, 0.717) is 31.1 Å². The molecule has 0 aliphatic rings. The second kappa shape index (κ2) is 9.67. The molecule has 0 unspecified atom stereocenters. The minimum atomic E-state index is -1.06. The maximum Gasteiger partial charge on any atom is 0.355 e. The Bertz CT molecular complexity index is 761. The molecule has 1 heterocycles. The summed E-state index contributed by atoms with van der Waals surface area (Å²) in [6, 6.07) is 9.62. The Morgan fingerprint density at radius 1 is 1.23 bits per heavy atom. The SMILES string of the molecule is CC(=O)N(CCC(=O)NCCc1nc(C(=O)O)cs1)Cc1ccccc1. The second-order valence-corrected chi connectivity index (χ2v) is 6.65. The molecule has 8 heteroatoms. The average molecular weight is 375 g/mol. The molecule has 0 atom stereocenters. The Kier molecular flexibility index (Phi) is 7.28. The summed E-state index contributed by atoms with van der Waals surface area (Å²) < 4.78 is 0. The Morgan fingerprint density at radius 3 is 2.58 bits per heavy atom. The van der Waals surface area contributed by atoms with Crippen molar-refractivity contribution in [1.29, 1.82) is 0 Å². The number of amides is 2. The van der Waals surface area contributed by atoms with Gasteiger partial charge in [-0.15, -0.1) is 11.3 Å². The van der Waals surface area contributed by atoms with Gasteiger partial charge in [0.1, 0.15) is 0 Å². The summed E-state index contributed by atoms with van der Waals surface area (Å²) in [6.07, 6.45) is 0.689. The van der Waals surface area contributed by atoms with E-state index < -0.39 is 5.97 Å². The number of carbonyl (C=O) groups is 3. The van der Waals surface area contributed by atoms with Gasteiger partial charge in [0, 0.05) is 44.8 Å². The van der Waals surface area contributed by atoms with Gasteiger partial charge in [0.15, 0.2) is 5.69 Å². The van der Waals surface area contributed by atoms with Gasteiger partial charge in [-0.1, -0.05) is 30.3 Å². The summed E-state index contributed by atoms with van der Waals surface area (Å²) >= 11 is 1.26. The monoisotopic (exact) mass is 375 g/mol. The quantitative estimate of drug-likeness (QED) is 0.698. The highest BCUT2D eigenvalue weighted by molar-refractivity contribution is 7.09. The minimum absolute atomic E-state index is 0.0225. The molecule has 7 nitrogen and oxygen atoms in total. The number of nitrogens with zero attached hydrogens (tertiary/aromatic N) is 2. The molecule has 2 aromatic rings. The van der Waals surface area contributed by atoms with Crippen LogP contribution in [0.4, 0.5) is 0 Å². The van der Waals surface area contributed by atoms with Gasteiger partial charge < -0.3 is 15.3 Å². The molecular weight excluding hydrogens is 354 g/mol. The van der Waals surface area contributed by atoms with E-state index in [2.05, 4.69) is 10.3 Å². The molecule has 138 valence electrons. The lowest BCUT2D eigenvalue weighted by atomic mass is 10.2. The number of aromatic carboxylic acids is 1. The van der Waals surface area contributed by atoms with Crippen LogP contribution < -0.4 is 5.32 Å². The second-order valence-electron chi connectivity index (χ2n) is 5.71. The predicted octanol–water partition coefficient (Wildman–Crippen LogP) is 1.94. The molecule has 0 fully saturated rings. The molecule has 2 amide bonds. The molecular formula is C18H21N3O4S. The molecule has 0 spiro atoms. The number of hydrogen-bond acceptors (Lipinski definition) is 5. The maximum atomic E-state index is 12.0. The fraction of sp³-hybridized carbons (Fsp3) is 0.333. The molecule has 0 bridgehead atoms. The van der Waals surface area contributed by atoms with Gasteiger partial charge in [0.2, 0.25) is 11.8 Å². The average Bonchev–Trinajstić information content (AvgIpc) is 3.08. The van der Waals surface area contributed by atoms with Crippen molar-refractivity contribution in [3.8, 4) is 0 Å². The summed E-state index contributed by atoms with van der Waals surface area (Å²) in [5, 5.41) is 13.7. The van der Waals surface area contributed by atoms with E-state index in [1.807, 2.05) is 30.3 Å². The summed E-state index contributed by atoms with van der Waals surface area (Å²) in [7, 11) is 0. The number of benzene rings is 1. The highest BCUT2D eigenvalue weighted by atomic mass is 32.1. The molecule has 1 aromatic carbocycles. The summed E-state index contributed by atoms with van der Waals surface area (Å²) in [5.41, 5.74) is 1.04. The Labute approximate surface area is 155 Å². The van der Waals surface area contributed by atoms with E-state index in [-0.39, 0.29) is 23.9 Å². The first-order valence-corrected chi connectivity index (χ1v) is 9.07. The summed E-state index contributed by atoms with van der Waals surface area (Å²) in [4.78, 5) is 40.1. The van der Waals surface area contributed by atoms with E-state index in [0.717, 1.165) is 5.56 Å². The van der Waals surface area contributed by atoms with Gasteiger partial charge in [-0.2, -0.15) is 0 Å². The van der Waals surface area contributed by atoms with E-state index in [9.17, 15) is 14.4 Å². The fourth-order valence-electron chi connectivity index (χ4n) is 2.31. The van der Waals surface area contributed by atoms with E-state index >= 15 is 0 Å². The van der Waals surface area contributed by atoms with Gasteiger partial charge >= 0.3 is 5.97 Å². The van der Waals surface area contributed by atoms with Crippen molar-refractivity contribution in [2.45, 2.75) is 26.3 Å². The van der Waals surface area contributed by atoms with Crippen molar-refractivity contribution in [3.63, 3.8) is 0 Å². The van der Waals surface area contributed by atoms with Crippen molar-refractivity contribution in [1.82, 2.24) is 15.2 Å². The van der Waals surface area contributed by atoms with Crippen LogP contribution in [0.25, 0.3) is 0 Å². The predicted molar refractivity (Wildman–Crippen MR) is 97.9 cm³/mol. The molecule has 2 rings (SSSR count). The highest BCUT2D eigenvalue weighted by Crippen LogP contribution is 2.10. The zero-order chi connectivity index (χ0) is 18.9. The van der Waals surface area contributed by atoms with Crippen LogP contribution in [-0.2, 0) is 22.6 Å². The number of carboxylic acid groups (broad SMARTS) is 1. The topological polar surface area (TPSA) is 99.6 Å². The van der Waals surface area contributed by atoms with Gasteiger partial charge in [-0.25, -0.2) is 9.78 Å². The van der Waals surface area contributed by atoms with Crippen LogP contribution in [0.1, 0.15) is 34.4 Å². The number of aromatic nitrogens is 1. The molecule has 0 radical (unpaired) electrons. The summed E-state index contributed by atoms with van der Waals surface area (Å²) in [6.45, 7) is 2.69. The van der Waals surface area contributed by atoms with Crippen molar-refractivity contribution >= 4 is 29.1 Å². The fourth-order valence-corrected chi connectivity index (χ4v) is 3.08. The number of carbonyl (C=O) groups excluding carboxylic acids is 2. The number of nitrogens with one attached hydrogen (secondary N) is 1. The standard InChI is InChI=1S/C18H21N3O4S/c1-13(22)21(11-14-5-3-2-4-6-14)10-8-16(23)19-9-7-17-20-15(12-26-17)18(24)25/h2-6,12H,7-11H2,1H3,(H,19,23)(H,24,25). The normalized spacial score (nSPS) is 10.3. The lowest BCUT2D eigenvalue weighted by Crippen LogP contribution is -2.34. The smallest absolute Gasteiger partial charge is 0.355 e. The molecule has 0 aliphatic heterocycles. The van der Waals surface area contributed by atoms with Crippen LogP contribution in [0.5, 0.6) is 0 Å². The van der Waals surface area contributed by atoms with E-state index in [4.69, 9.17) is 5.11 Å². The van der Waals surface area contributed by atoms with Crippen molar-refractivity contribution in [2.75, 3.05) is 13.1 Å². The minimum Gasteiger partial charge on any atom is -0.476 e. The van der Waals surface area contributed by atoms with Gasteiger partial charge in [-0.05, 0) is 5.56 Å². The van der Waals surface area contributed by atoms with Crippen LogP contribution >= 0.6 is 11.3 Å². The van der Waals surface area contributed by atoms with E-state index in [1.165, 1.54) is 23.6 Å². The summed E-state index contributed by atoms with van der Waals surface area (Å²) in [5.74, 6) is -1.29. The van der Waals surface area contributed by atoms with Gasteiger partial charge in [-0.3, -0.25) is 9.59 Å². The molecule has 2 N–H and O–H groups in total. The maximum absolute atomic E-state index is 12.0. The Balaban J connectivity index is 1.73. The van der Waals surface area contributed by atoms with Crippen LogP contribution in [-0.4, -0.2) is 45.9 Å². The van der Waals surface area contributed by atoms with Crippen LogP contribution in [0.3, 0.4) is 0 Å². The van der Waals surface area contributed by atoms with Crippen LogP contribution in [0, 0.1) is 0 Å². The zero-order valence-electron chi connectivity index (χ0n) is 14.5.